The van der Waals surface area contributed by atoms with Crippen molar-refractivity contribution in [3.63, 3.8) is 0 Å². The van der Waals surface area contributed by atoms with Gasteiger partial charge >= 0.3 is 0 Å². The van der Waals surface area contributed by atoms with Crippen molar-refractivity contribution in [3.8, 4) is 0 Å². The van der Waals surface area contributed by atoms with Gasteiger partial charge < -0.3 is 11.1 Å². The number of amides is 1. The van der Waals surface area contributed by atoms with Crippen molar-refractivity contribution >= 4 is 33.0 Å². The molecular formula is C10H12N2O3S2. The molecule has 0 saturated carbocycles. The molecule has 0 fully saturated rings. The third kappa shape index (κ3) is 4.12. The van der Waals surface area contributed by atoms with Crippen LogP contribution in [0.2, 0.25) is 0 Å². The van der Waals surface area contributed by atoms with Crippen LogP contribution in [-0.2, 0) is 9.84 Å². The maximum Gasteiger partial charge on any atom is 0.251 e. The summed E-state index contributed by atoms with van der Waals surface area (Å²) < 4.78 is 22.6. The minimum absolute atomic E-state index is 0.0806. The molecule has 7 heteroatoms. The zero-order chi connectivity index (χ0) is 13.1. The standard InChI is InChI=1S/C10H12N2O3S2/c1-17(14,15)8-4-2-3-7(5-8)10(13)12-6-9(11)16/h2-5H,6H2,1H3,(H2,11,16)(H,12,13). The summed E-state index contributed by atoms with van der Waals surface area (Å²) in [5, 5.41) is 2.48. The highest BCUT2D eigenvalue weighted by Gasteiger charge is 2.11. The third-order valence-corrected chi connectivity index (χ3v) is 3.20. The number of hydrogen-bond acceptors (Lipinski definition) is 4. The highest BCUT2D eigenvalue weighted by molar-refractivity contribution is 7.90. The smallest absolute Gasteiger partial charge is 0.251 e. The summed E-state index contributed by atoms with van der Waals surface area (Å²) in [5.74, 6) is -0.414. The average Bonchev–Trinajstić information content (AvgIpc) is 2.25. The van der Waals surface area contributed by atoms with Gasteiger partial charge in [-0.15, -0.1) is 0 Å². The molecule has 0 saturated heterocycles. The average molecular weight is 272 g/mol. The van der Waals surface area contributed by atoms with Gasteiger partial charge in [0.05, 0.1) is 16.4 Å². The van der Waals surface area contributed by atoms with Crippen molar-refractivity contribution in [3.05, 3.63) is 29.8 Å². The van der Waals surface area contributed by atoms with E-state index in [1.165, 1.54) is 24.3 Å². The lowest BCUT2D eigenvalue weighted by atomic mass is 10.2. The molecule has 5 nitrogen and oxygen atoms in total. The largest absolute Gasteiger partial charge is 0.392 e. The summed E-state index contributed by atoms with van der Waals surface area (Å²) in [5.41, 5.74) is 5.49. The Morgan fingerprint density at radius 3 is 2.65 bits per heavy atom. The molecule has 0 bridgehead atoms. The van der Waals surface area contributed by atoms with Crippen LogP contribution in [0.3, 0.4) is 0 Å². The second-order valence-electron chi connectivity index (χ2n) is 3.45. The highest BCUT2D eigenvalue weighted by atomic mass is 32.2. The lowest BCUT2D eigenvalue weighted by molar-refractivity contribution is 0.0959. The second kappa shape index (κ2) is 5.24. The van der Waals surface area contributed by atoms with E-state index in [1.807, 2.05) is 0 Å². The van der Waals surface area contributed by atoms with Crippen molar-refractivity contribution in [1.29, 1.82) is 0 Å². The molecule has 0 aromatic heterocycles. The van der Waals surface area contributed by atoms with E-state index in [4.69, 9.17) is 5.73 Å². The predicted molar refractivity (Wildman–Crippen MR) is 68.7 cm³/mol. The molecule has 0 aliphatic heterocycles. The first kappa shape index (κ1) is 13.6. The summed E-state index contributed by atoms with van der Waals surface area (Å²) in [6.07, 6.45) is 1.08. The molecule has 0 radical (unpaired) electrons. The molecule has 1 rings (SSSR count). The van der Waals surface area contributed by atoms with Crippen LogP contribution in [0.4, 0.5) is 0 Å². The van der Waals surface area contributed by atoms with Gasteiger partial charge in [0.1, 0.15) is 0 Å². The van der Waals surface area contributed by atoms with E-state index in [2.05, 4.69) is 17.5 Å². The van der Waals surface area contributed by atoms with E-state index >= 15 is 0 Å². The summed E-state index contributed by atoms with van der Waals surface area (Å²) >= 11 is 4.62. The fraction of sp³-hybridized carbons (Fsp3) is 0.200. The number of sulfone groups is 1. The van der Waals surface area contributed by atoms with Crippen molar-refractivity contribution in [1.82, 2.24) is 5.32 Å². The quantitative estimate of drug-likeness (QED) is 0.759. The van der Waals surface area contributed by atoms with Crippen LogP contribution in [0, 0.1) is 0 Å². The number of carbonyl (C=O) groups is 1. The van der Waals surface area contributed by atoms with Crippen LogP contribution in [0.25, 0.3) is 0 Å². The first-order valence-electron chi connectivity index (χ1n) is 4.67. The van der Waals surface area contributed by atoms with Gasteiger partial charge in [-0.25, -0.2) is 8.42 Å². The van der Waals surface area contributed by atoms with Crippen molar-refractivity contribution in [2.45, 2.75) is 4.90 Å². The van der Waals surface area contributed by atoms with E-state index in [9.17, 15) is 13.2 Å². The van der Waals surface area contributed by atoms with Crippen molar-refractivity contribution < 1.29 is 13.2 Å². The van der Waals surface area contributed by atoms with E-state index in [0.717, 1.165) is 6.26 Å². The molecule has 0 heterocycles. The number of benzene rings is 1. The zero-order valence-electron chi connectivity index (χ0n) is 9.14. The number of thiocarbonyl (C=S) groups is 1. The normalized spacial score (nSPS) is 10.9. The van der Waals surface area contributed by atoms with E-state index < -0.39 is 15.7 Å². The third-order valence-electron chi connectivity index (χ3n) is 1.95. The lowest BCUT2D eigenvalue weighted by Gasteiger charge is -2.05. The monoisotopic (exact) mass is 272 g/mol. The van der Waals surface area contributed by atoms with Gasteiger partial charge in [-0.1, -0.05) is 18.3 Å². The Bertz CT molecular complexity index is 552. The number of nitrogens with two attached hydrogens (primary N) is 1. The minimum Gasteiger partial charge on any atom is -0.392 e. The predicted octanol–water partition coefficient (Wildman–Crippen LogP) is 0.106. The molecule has 92 valence electrons. The summed E-state index contributed by atoms with van der Waals surface area (Å²) in [7, 11) is -3.32. The molecule has 0 spiro atoms. The van der Waals surface area contributed by atoms with Gasteiger partial charge in [0.25, 0.3) is 5.91 Å². The van der Waals surface area contributed by atoms with Crippen LogP contribution in [0.1, 0.15) is 10.4 Å². The van der Waals surface area contributed by atoms with Gasteiger partial charge in [-0.3, -0.25) is 4.79 Å². The molecule has 1 aromatic rings. The first-order valence-corrected chi connectivity index (χ1v) is 6.97. The number of nitrogens with one attached hydrogen (secondary N) is 1. The van der Waals surface area contributed by atoms with Gasteiger partial charge in [0.2, 0.25) is 0 Å². The molecule has 17 heavy (non-hydrogen) atoms. The maximum atomic E-state index is 11.6. The van der Waals surface area contributed by atoms with Gasteiger partial charge in [-0.2, -0.15) is 0 Å². The van der Waals surface area contributed by atoms with Crippen LogP contribution < -0.4 is 11.1 Å². The van der Waals surface area contributed by atoms with Gasteiger partial charge in [0.15, 0.2) is 9.84 Å². The fourth-order valence-corrected chi connectivity index (χ4v) is 1.88. The Morgan fingerprint density at radius 1 is 1.47 bits per heavy atom. The molecule has 1 amide bonds. The highest BCUT2D eigenvalue weighted by Crippen LogP contribution is 2.11. The van der Waals surface area contributed by atoms with E-state index in [0.29, 0.717) is 0 Å². The van der Waals surface area contributed by atoms with E-state index in [1.54, 1.807) is 0 Å². The molecule has 0 unspecified atom stereocenters. The van der Waals surface area contributed by atoms with Crippen molar-refractivity contribution in [2.75, 3.05) is 12.8 Å². The lowest BCUT2D eigenvalue weighted by Crippen LogP contribution is -2.32. The number of carbonyl (C=O) groups excluding carboxylic acids is 1. The maximum absolute atomic E-state index is 11.6. The van der Waals surface area contributed by atoms with Crippen LogP contribution >= 0.6 is 12.2 Å². The Hall–Kier alpha value is -1.47. The molecule has 3 N–H and O–H groups in total. The minimum atomic E-state index is -3.32. The van der Waals surface area contributed by atoms with Crippen LogP contribution in [0.15, 0.2) is 29.2 Å². The Morgan fingerprint density at radius 2 is 2.12 bits per heavy atom. The van der Waals surface area contributed by atoms with Gasteiger partial charge in [-0.05, 0) is 18.2 Å². The summed E-state index contributed by atoms with van der Waals surface area (Å²) in [6, 6.07) is 5.76. The Kier molecular flexibility index (Phi) is 4.19. The van der Waals surface area contributed by atoms with Crippen LogP contribution in [0.5, 0.6) is 0 Å². The topological polar surface area (TPSA) is 89.3 Å². The van der Waals surface area contributed by atoms with Crippen LogP contribution in [-0.4, -0.2) is 32.1 Å². The zero-order valence-corrected chi connectivity index (χ0v) is 10.8. The number of rotatable bonds is 4. The molecule has 0 aliphatic carbocycles. The molecular weight excluding hydrogens is 260 g/mol. The van der Waals surface area contributed by atoms with Crippen molar-refractivity contribution in [2.24, 2.45) is 5.73 Å². The van der Waals surface area contributed by atoms with E-state index in [-0.39, 0.29) is 22.0 Å². The summed E-state index contributed by atoms with van der Waals surface area (Å²) in [4.78, 5) is 11.9. The second-order valence-corrected chi connectivity index (χ2v) is 5.99. The fourth-order valence-electron chi connectivity index (χ4n) is 1.14. The Balaban J connectivity index is 2.93. The molecule has 1 aromatic carbocycles. The SMILES string of the molecule is CS(=O)(=O)c1cccc(C(=O)NCC(N)=S)c1. The van der Waals surface area contributed by atoms with Gasteiger partial charge in [0, 0.05) is 11.8 Å². The molecule has 0 atom stereocenters. The number of hydrogen-bond donors (Lipinski definition) is 2. The Labute approximate surface area is 105 Å². The molecule has 0 aliphatic rings. The summed E-state index contributed by atoms with van der Waals surface area (Å²) in [6.45, 7) is 0.0806. The first-order chi connectivity index (χ1) is 7.80.